The minimum atomic E-state index is 0.701. The topological polar surface area (TPSA) is 36.3 Å². The normalized spacial score (nSPS) is 10.6. The molecule has 0 aliphatic heterocycles. The van der Waals surface area contributed by atoms with Crippen LogP contribution in [0.2, 0.25) is 0 Å². The summed E-state index contributed by atoms with van der Waals surface area (Å²) in [7, 11) is 5.28. The third kappa shape index (κ3) is 2.93. The van der Waals surface area contributed by atoms with E-state index in [1.165, 1.54) is 5.56 Å². The molecular weight excluding hydrogens is 288 g/mol. The predicted octanol–water partition coefficient (Wildman–Crippen LogP) is 4.08. The van der Waals surface area contributed by atoms with E-state index in [1.807, 2.05) is 36.0 Å². The molecule has 0 radical (unpaired) electrons. The number of aromatic nitrogens is 2. The number of benzene rings is 2. The lowest BCUT2D eigenvalue weighted by molar-refractivity contribution is 0.355. The highest BCUT2D eigenvalue weighted by Crippen LogP contribution is 2.32. The molecule has 2 aromatic carbocycles. The molecule has 1 aromatic heterocycles. The Balaban J connectivity index is 2.02. The fourth-order valence-corrected chi connectivity index (χ4v) is 2.57. The second-order valence-corrected chi connectivity index (χ2v) is 5.50. The lowest BCUT2D eigenvalue weighted by Gasteiger charge is -2.08. The van der Waals surface area contributed by atoms with Gasteiger partial charge in [0.05, 0.1) is 19.9 Å². The molecule has 0 bridgehead atoms. The summed E-state index contributed by atoms with van der Waals surface area (Å²) in [6, 6.07) is 14.2. The van der Waals surface area contributed by atoms with Crippen LogP contribution in [0.3, 0.4) is 0 Å². The van der Waals surface area contributed by atoms with E-state index in [-0.39, 0.29) is 0 Å². The van der Waals surface area contributed by atoms with Gasteiger partial charge < -0.3 is 14.0 Å². The first-order chi connectivity index (χ1) is 11.1. The first kappa shape index (κ1) is 15.2. The van der Waals surface area contributed by atoms with E-state index in [9.17, 15) is 0 Å². The number of nitrogens with zero attached hydrogens (tertiary/aromatic N) is 2. The molecule has 4 nitrogen and oxygen atoms in total. The lowest BCUT2D eigenvalue weighted by atomic mass is 10.1. The molecule has 4 heteroatoms. The van der Waals surface area contributed by atoms with Gasteiger partial charge in [0.2, 0.25) is 0 Å². The maximum atomic E-state index is 5.37. The van der Waals surface area contributed by atoms with Crippen molar-refractivity contribution < 1.29 is 9.47 Å². The van der Waals surface area contributed by atoms with Crippen molar-refractivity contribution in [3.63, 3.8) is 0 Å². The molecule has 0 saturated heterocycles. The van der Waals surface area contributed by atoms with Crippen LogP contribution >= 0.6 is 0 Å². The highest BCUT2D eigenvalue weighted by molar-refractivity contribution is 5.67. The van der Waals surface area contributed by atoms with Crippen molar-refractivity contribution in [1.82, 2.24) is 9.55 Å². The van der Waals surface area contributed by atoms with Crippen LogP contribution in [0, 0.1) is 6.92 Å². The fraction of sp³-hybridized carbons (Fsp3) is 0.211. The predicted molar refractivity (Wildman–Crippen MR) is 91.9 cm³/mol. The molecule has 3 rings (SSSR count). The summed E-state index contributed by atoms with van der Waals surface area (Å²) >= 11 is 0. The van der Waals surface area contributed by atoms with Gasteiger partial charge in [0.15, 0.2) is 11.5 Å². The quantitative estimate of drug-likeness (QED) is 0.728. The summed E-state index contributed by atoms with van der Waals surface area (Å²) in [6.07, 6.45) is 2.02. The number of rotatable bonds is 4. The molecule has 0 atom stereocenters. The van der Waals surface area contributed by atoms with E-state index in [1.54, 1.807) is 14.2 Å². The Morgan fingerprint density at radius 2 is 1.52 bits per heavy atom. The van der Waals surface area contributed by atoms with Crippen LogP contribution in [0.4, 0.5) is 0 Å². The number of imidazole rings is 1. The van der Waals surface area contributed by atoms with Gasteiger partial charge in [-0.3, -0.25) is 0 Å². The van der Waals surface area contributed by atoms with Gasteiger partial charge in [-0.2, -0.15) is 0 Å². The SMILES string of the molecule is COc1ccc(-c2cn(C)c(-c3ccc(C)cc3)n2)cc1OC. The molecule has 0 fully saturated rings. The second kappa shape index (κ2) is 6.16. The maximum Gasteiger partial charge on any atom is 0.161 e. The monoisotopic (exact) mass is 308 g/mol. The van der Waals surface area contributed by atoms with Gasteiger partial charge in [0, 0.05) is 24.4 Å². The van der Waals surface area contributed by atoms with Crippen LogP contribution in [0.15, 0.2) is 48.7 Å². The first-order valence-electron chi connectivity index (χ1n) is 7.45. The summed E-state index contributed by atoms with van der Waals surface area (Å²) in [5, 5.41) is 0. The molecule has 1 heterocycles. The second-order valence-electron chi connectivity index (χ2n) is 5.50. The Hall–Kier alpha value is -2.75. The minimum Gasteiger partial charge on any atom is -0.493 e. The summed E-state index contributed by atoms with van der Waals surface area (Å²) in [5.41, 5.74) is 4.24. The summed E-state index contributed by atoms with van der Waals surface area (Å²) in [4.78, 5) is 4.78. The maximum absolute atomic E-state index is 5.37. The molecule has 0 aliphatic carbocycles. The zero-order chi connectivity index (χ0) is 16.4. The third-order valence-corrected chi connectivity index (χ3v) is 3.87. The Kier molecular flexibility index (Phi) is 4.06. The molecule has 0 amide bonds. The highest BCUT2D eigenvalue weighted by Gasteiger charge is 2.12. The van der Waals surface area contributed by atoms with Gasteiger partial charge in [0.1, 0.15) is 5.82 Å². The molecule has 0 aliphatic rings. The van der Waals surface area contributed by atoms with E-state index in [0.717, 1.165) is 22.6 Å². The molecular formula is C19H20N2O2. The van der Waals surface area contributed by atoms with Gasteiger partial charge in [-0.05, 0) is 25.1 Å². The van der Waals surface area contributed by atoms with Crippen molar-refractivity contribution >= 4 is 0 Å². The smallest absolute Gasteiger partial charge is 0.161 e. The number of methoxy groups -OCH3 is 2. The number of ether oxygens (including phenoxy) is 2. The summed E-state index contributed by atoms with van der Waals surface area (Å²) < 4.78 is 12.7. The van der Waals surface area contributed by atoms with Gasteiger partial charge in [-0.25, -0.2) is 4.98 Å². The number of hydrogen-bond donors (Lipinski definition) is 0. The van der Waals surface area contributed by atoms with Gasteiger partial charge in [-0.1, -0.05) is 29.8 Å². The molecule has 0 spiro atoms. The molecule has 118 valence electrons. The van der Waals surface area contributed by atoms with E-state index >= 15 is 0 Å². The third-order valence-electron chi connectivity index (χ3n) is 3.87. The molecule has 23 heavy (non-hydrogen) atoms. The average molecular weight is 308 g/mol. The van der Waals surface area contributed by atoms with Gasteiger partial charge in [0.25, 0.3) is 0 Å². The van der Waals surface area contributed by atoms with Crippen molar-refractivity contribution in [2.45, 2.75) is 6.92 Å². The van der Waals surface area contributed by atoms with E-state index < -0.39 is 0 Å². The van der Waals surface area contributed by atoms with Crippen molar-refractivity contribution in [2.24, 2.45) is 7.05 Å². The molecule has 0 unspecified atom stereocenters. The Labute approximate surface area is 136 Å². The minimum absolute atomic E-state index is 0.701. The zero-order valence-electron chi connectivity index (χ0n) is 13.8. The highest BCUT2D eigenvalue weighted by atomic mass is 16.5. The van der Waals surface area contributed by atoms with Crippen molar-refractivity contribution in [1.29, 1.82) is 0 Å². The molecule has 3 aromatic rings. The van der Waals surface area contributed by atoms with Crippen LogP contribution in [0.25, 0.3) is 22.6 Å². The van der Waals surface area contributed by atoms with Crippen LogP contribution in [0.1, 0.15) is 5.56 Å². The van der Waals surface area contributed by atoms with Crippen LogP contribution in [-0.2, 0) is 7.05 Å². The Morgan fingerprint density at radius 3 is 2.17 bits per heavy atom. The average Bonchev–Trinajstić information content (AvgIpc) is 2.96. The van der Waals surface area contributed by atoms with Crippen LogP contribution in [-0.4, -0.2) is 23.8 Å². The summed E-state index contributed by atoms with van der Waals surface area (Å²) in [6.45, 7) is 2.08. The number of aryl methyl sites for hydroxylation is 2. The molecule has 0 N–H and O–H groups in total. The van der Waals surface area contributed by atoms with Crippen molar-refractivity contribution in [2.75, 3.05) is 14.2 Å². The molecule has 0 saturated carbocycles. The van der Waals surface area contributed by atoms with Crippen molar-refractivity contribution in [3.8, 4) is 34.1 Å². The Morgan fingerprint density at radius 1 is 0.870 bits per heavy atom. The van der Waals surface area contributed by atoms with E-state index in [4.69, 9.17) is 14.5 Å². The fourth-order valence-electron chi connectivity index (χ4n) is 2.57. The van der Waals surface area contributed by atoms with E-state index in [0.29, 0.717) is 11.5 Å². The standard InChI is InChI=1S/C19H20N2O2/c1-13-5-7-14(8-6-13)19-20-16(12-21(19)2)15-9-10-17(22-3)18(11-15)23-4/h5-12H,1-4H3. The van der Waals surface area contributed by atoms with Crippen LogP contribution < -0.4 is 9.47 Å². The van der Waals surface area contributed by atoms with E-state index in [2.05, 4.69) is 31.2 Å². The van der Waals surface area contributed by atoms with Gasteiger partial charge >= 0.3 is 0 Å². The van der Waals surface area contributed by atoms with Crippen LogP contribution in [0.5, 0.6) is 11.5 Å². The first-order valence-corrected chi connectivity index (χ1v) is 7.45. The number of hydrogen-bond acceptors (Lipinski definition) is 3. The lowest BCUT2D eigenvalue weighted by Crippen LogP contribution is -1.91. The van der Waals surface area contributed by atoms with Gasteiger partial charge in [-0.15, -0.1) is 0 Å². The summed E-state index contributed by atoms with van der Waals surface area (Å²) in [5.74, 6) is 2.35. The Bertz CT molecular complexity index is 820. The zero-order valence-corrected chi connectivity index (χ0v) is 13.8. The largest absolute Gasteiger partial charge is 0.493 e. The van der Waals surface area contributed by atoms with Crippen molar-refractivity contribution in [3.05, 3.63) is 54.2 Å².